The van der Waals surface area contributed by atoms with Gasteiger partial charge in [0.1, 0.15) is 23.8 Å². The number of rotatable bonds is 7. The normalized spacial score (nSPS) is 14.8. The lowest BCUT2D eigenvalue weighted by Gasteiger charge is -2.26. The van der Waals surface area contributed by atoms with Crippen LogP contribution in [-0.4, -0.2) is 29.9 Å². The third kappa shape index (κ3) is 5.06. The molecule has 0 fully saturated rings. The fourth-order valence-electron chi connectivity index (χ4n) is 3.82. The molecule has 1 aliphatic rings. The fraction of sp³-hybridized carbons (Fsp3) is 0.240. The fourth-order valence-corrected chi connectivity index (χ4v) is 3.82. The van der Waals surface area contributed by atoms with Gasteiger partial charge in [0, 0.05) is 17.8 Å². The first-order valence-corrected chi connectivity index (χ1v) is 10.5. The summed E-state index contributed by atoms with van der Waals surface area (Å²) < 4.78 is 11.1. The van der Waals surface area contributed by atoms with E-state index in [0.717, 1.165) is 36.3 Å². The first kappa shape index (κ1) is 21.4. The van der Waals surface area contributed by atoms with Crippen molar-refractivity contribution in [2.75, 3.05) is 7.11 Å². The summed E-state index contributed by atoms with van der Waals surface area (Å²) in [5.41, 5.74) is 9.37. The van der Waals surface area contributed by atoms with Crippen molar-refractivity contribution in [1.29, 1.82) is 0 Å². The van der Waals surface area contributed by atoms with Crippen LogP contribution in [0.15, 0.2) is 60.8 Å². The number of nitrogens with zero attached hydrogens (tertiary/aromatic N) is 1. The molecule has 0 spiro atoms. The smallest absolute Gasteiger partial charge is 0.267 e. The molecule has 0 radical (unpaired) electrons. The molecular formula is C25H25N3O4. The average Bonchev–Trinajstić information content (AvgIpc) is 2.82. The molecule has 1 atom stereocenters. The van der Waals surface area contributed by atoms with Crippen LogP contribution >= 0.6 is 0 Å². The first-order valence-electron chi connectivity index (χ1n) is 10.5. The van der Waals surface area contributed by atoms with Crippen molar-refractivity contribution in [3.63, 3.8) is 0 Å². The molecule has 4 rings (SSSR count). The second kappa shape index (κ2) is 9.51. The van der Waals surface area contributed by atoms with Crippen molar-refractivity contribution in [3.05, 3.63) is 88.7 Å². The third-order valence-electron chi connectivity index (χ3n) is 5.58. The molecule has 1 unspecified atom stereocenters. The molecule has 0 saturated carbocycles. The molecule has 2 aromatic carbocycles. The molecule has 32 heavy (non-hydrogen) atoms. The van der Waals surface area contributed by atoms with Crippen LogP contribution in [0.3, 0.4) is 0 Å². The van der Waals surface area contributed by atoms with Gasteiger partial charge < -0.3 is 20.5 Å². The lowest BCUT2D eigenvalue weighted by Crippen LogP contribution is -2.38. The number of nitrogens with one attached hydrogen (secondary N) is 1. The van der Waals surface area contributed by atoms with Gasteiger partial charge in [-0.05, 0) is 84.5 Å². The first-order chi connectivity index (χ1) is 15.5. The van der Waals surface area contributed by atoms with E-state index < -0.39 is 5.91 Å². The van der Waals surface area contributed by atoms with Gasteiger partial charge in [-0.2, -0.15) is 0 Å². The van der Waals surface area contributed by atoms with Gasteiger partial charge in [0.05, 0.1) is 7.11 Å². The molecule has 1 aliphatic carbocycles. The lowest BCUT2D eigenvalue weighted by atomic mass is 9.88. The summed E-state index contributed by atoms with van der Waals surface area (Å²) in [6.07, 6.45) is 4.08. The minimum atomic E-state index is -0.566. The van der Waals surface area contributed by atoms with Crippen LogP contribution in [0, 0.1) is 0 Å². The highest BCUT2D eigenvalue weighted by Crippen LogP contribution is 2.26. The van der Waals surface area contributed by atoms with E-state index in [9.17, 15) is 9.59 Å². The molecule has 0 bridgehead atoms. The van der Waals surface area contributed by atoms with Crippen molar-refractivity contribution in [1.82, 2.24) is 10.3 Å². The molecule has 3 N–H and O–H groups in total. The van der Waals surface area contributed by atoms with E-state index in [1.807, 2.05) is 12.1 Å². The summed E-state index contributed by atoms with van der Waals surface area (Å²) in [5, 5.41) is 3.14. The Hall–Kier alpha value is -3.87. The van der Waals surface area contributed by atoms with Gasteiger partial charge in [-0.25, -0.2) is 0 Å². The highest BCUT2D eigenvalue weighted by molar-refractivity contribution is 5.94. The molecule has 2 amide bonds. The number of primary amides is 1. The predicted octanol–water partition coefficient (Wildman–Crippen LogP) is 3.06. The van der Waals surface area contributed by atoms with Gasteiger partial charge in [0.2, 0.25) is 0 Å². The molecule has 7 heteroatoms. The van der Waals surface area contributed by atoms with E-state index in [4.69, 9.17) is 15.2 Å². The van der Waals surface area contributed by atoms with E-state index in [-0.39, 0.29) is 17.6 Å². The van der Waals surface area contributed by atoms with Crippen molar-refractivity contribution in [2.24, 2.45) is 5.73 Å². The van der Waals surface area contributed by atoms with Crippen molar-refractivity contribution >= 4 is 11.8 Å². The number of hydrogen-bond donors (Lipinski definition) is 2. The average molecular weight is 431 g/mol. The van der Waals surface area contributed by atoms with Crippen LogP contribution in [0.2, 0.25) is 0 Å². The quantitative estimate of drug-likeness (QED) is 0.598. The number of fused-ring (bicyclic) bond motifs is 1. The van der Waals surface area contributed by atoms with Gasteiger partial charge in [-0.3, -0.25) is 14.6 Å². The van der Waals surface area contributed by atoms with Crippen LogP contribution in [0.25, 0.3) is 0 Å². The third-order valence-corrected chi connectivity index (χ3v) is 5.58. The maximum atomic E-state index is 12.6. The predicted molar refractivity (Wildman–Crippen MR) is 120 cm³/mol. The monoisotopic (exact) mass is 431 g/mol. The number of amides is 2. The molecule has 0 saturated heterocycles. The van der Waals surface area contributed by atoms with Crippen LogP contribution < -0.4 is 20.5 Å². The maximum absolute atomic E-state index is 12.6. The minimum Gasteiger partial charge on any atom is -0.497 e. The minimum absolute atomic E-state index is 0.0608. The van der Waals surface area contributed by atoms with Crippen molar-refractivity contribution < 1.29 is 19.1 Å². The second-order valence-electron chi connectivity index (χ2n) is 7.77. The van der Waals surface area contributed by atoms with E-state index >= 15 is 0 Å². The number of benzene rings is 2. The zero-order valence-corrected chi connectivity index (χ0v) is 17.8. The summed E-state index contributed by atoms with van der Waals surface area (Å²) in [4.78, 5) is 27.9. The Labute approximate surface area is 186 Å². The van der Waals surface area contributed by atoms with Crippen LogP contribution in [0.4, 0.5) is 0 Å². The van der Waals surface area contributed by atoms with Crippen molar-refractivity contribution in [3.8, 4) is 11.5 Å². The topological polar surface area (TPSA) is 104 Å². The summed E-state index contributed by atoms with van der Waals surface area (Å²) in [7, 11) is 1.60. The zero-order chi connectivity index (χ0) is 22.5. The zero-order valence-electron chi connectivity index (χ0n) is 17.8. The molecule has 3 aromatic rings. The van der Waals surface area contributed by atoms with Gasteiger partial charge >= 0.3 is 0 Å². The Balaban J connectivity index is 1.38. The molecule has 0 aliphatic heterocycles. The number of hydrogen-bond acceptors (Lipinski definition) is 5. The van der Waals surface area contributed by atoms with Crippen molar-refractivity contribution in [2.45, 2.75) is 31.9 Å². The Bertz CT molecular complexity index is 1130. The Morgan fingerprint density at radius 3 is 2.59 bits per heavy atom. The van der Waals surface area contributed by atoms with Gasteiger partial charge in [-0.1, -0.05) is 6.07 Å². The lowest BCUT2D eigenvalue weighted by molar-refractivity contribution is 0.0932. The Kier molecular flexibility index (Phi) is 6.35. The second-order valence-corrected chi connectivity index (χ2v) is 7.77. The summed E-state index contributed by atoms with van der Waals surface area (Å²) in [6.45, 7) is 0.305. The Morgan fingerprint density at radius 1 is 1.06 bits per heavy atom. The number of ether oxygens (including phenoxy) is 2. The number of carbonyl (C=O) groups excluding carboxylic acids is 2. The number of nitrogens with two attached hydrogens (primary N) is 1. The van der Waals surface area contributed by atoms with E-state index in [1.54, 1.807) is 49.7 Å². The molecular weight excluding hydrogens is 406 g/mol. The summed E-state index contributed by atoms with van der Waals surface area (Å²) in [6, 6.07) is 16.6. The maximum Gasteiger partial charge on any atom is 0.267 e. The summed E-state index contributed by atoms with van der Waals surface area (Å²) >= 11 is 0. The van der Waals surface area contributed by atoms with Gasteiger partial charge in [0.25, 0.3) is 11.8 Å². The van der Waals surface area contributed by atoms with E-state index in [1.165, 1.54) is 11.1 Å². The summed E-state index contributed by atoms with van der Waals surface area (Å²) in [5.74, 6) is 0.807. The van der Waals surface area contributed by atoms with E-state index in [2.05, 4.69) is 16.4 Å². The number of aromatic nitrogens is 1. The largest absolute Gasteiger partial charge is 0.497 e. The number of aryl methyl sites for hydroxylation is 1. The van der Waals surface area contributed by atoms with E-state index in [0.29, 0.717) is 12.2 Å². The Morgan fingerprint density at radius 2 is 1.84 bits per heavy atom. The highest BCUT2D eigenvalue weighted by Gasteiger charge is 2.21. The van der Waals surface area contributed by atoms with Crippen LogP contribution in [0.5, 0.6) is 11.5 Å². The van der Waals surface area contributed by atoms with Gasteiger partial charge in [0.15, 0.2) is 0 Å². The van der Waals surface area contributed by atoms with Crippen LogP contribution in [-0.2, 0) is 19.4 Å². The molecule has 164 valence electrons. The number of methoxy groups -OCH3 is 1. The standard InChI is InChI=1S/C25H25N3O4/c1-31-21-7-4-18(5-8-21)25(30)28-20-6-2-17-3-9-22(14-19(17)13-20)32-15-16-10-11-27-23(12-16)24(26)29/h3-5,7-12,14,20H,2,6,13,15H2,1H3,(H2,26,29)(H,28,30). The molecule has 1 aromatic heterocycles. The SMILES string of the molecule is COc1ccc(C(=O)NC2CCc3ccc(OCc4ccnc(C(N)=O)c4)cc3C2)cc1. The molecule has 7 nitrogen and oxygen atoms in total. The van der Waals surface area contributed by atoms with Crippen LogP contribution in [0.1, 0.15) is 44.0 Å². The van der Waals surface area contributed by atoms with Gasteiger partial charge in [-0.15, -0.1) is 0 Å². The molecule has 1 heterocycles. The number of pyridine rings is 1. The number of carbonyl (C=O) groups is 2. The highest BCUT2D eigenvalue weighted by atomic mass is 16.5.